The quantitative estimate of drug-likeness (QED) is 0.641. The molecule has 8 heteroatoms. The first-order valence-corrected chi connectivity index (χ1v) is 7.44. The van der Waals surface area contributed by atoms with Gasteiger partial charge in [0.1, 0.15) is 17.5 Å². The summed E-state index contributed by atoms with van der Waals surface area (Å²) in [5, 5.41) is 5.43. The number of carbonyl (C=O) groups is 2. The van der Waals surface area contributed by atoms with Crippen LogP contribution < -0.4 is 25.8 Å². The van der Waals surface area contributed by atoms with Gasteiger partial charge in [-0.05, 0) is 18.1 Å². The topological polar surface area (TPSA) is 103 Å². The van der Waals surface area contributed by atoms with Crippen molar-refractivity contribution in [3.8, 4) is 11.5 Å². The summed E-state index contributed by atoms with van der Waals surface area (Å²) in [6.07, 6.45) is 0. The van der Waals surface area contributed by atoms with Crippen LogP contribution in [0.2, 0.25) is 0 Å². The van der Waals surface area contributed by atoms with Crippen molar-refractivity contribution in [3.63, 3.8) is 0 Å². The van der Waals surface area contributed by atoms with E-state index in [2.05, 4.69) is 10.6 Å². The Balaban J connectivity index is 0.00000529. The van der Waals surface area contributed by atoms with Crippen LogP contribution in [0.1, 0.15) is 24.2 Å². The third kappa shape index (κ3) is 6.25. The van der Waals surface area contributed by atoms with Crippen molar-refractivity contribution in [1.29, 1.82) is 0 Å². The molecule has 0 radical (unpaired) electrons. The van der Waals surface area contributed by atoms with E-state index in [1.807, 2.05) is 13.8 Å². The Morgan fingerprint density at radius 2 is 1.67 bits per heavy atom. The number of rotatable bonds is 8. The SMILES string of the molecule is COc1cc(OC)cc(C(=O)NC(C(=O)NCCN)C(C)C)c1.Cl. The average Bonchev–Trinajstić information content (AvgIpc) is 2.56. The lowest BCUT2D eigenvalue weighted by atomic mass is 10.0. The summed E-state index contributed by atoms with van der Waals surface area (Å²) in [6, 6.07) is 4.20. The van der Waals surface area contributed by atoms with Crippen LogP contribution >= 0.6 is 12.4 Å². The van der Waals surface area contributed by atoms with Crippen molar-refractivity contribution in [2.45, 2.75) is 19.9 Å². The summed E-state index contributed by atoms with van der Waals surface area (Å²) < 4.78 is 10.3. The average molecular weight is 360 g/mol. The smallest absolute Gasteiger partial charge is 0.252 e. The van der Waals surface area contributed by atoms with Gasteiger partial charge in [-0.25, -0.2) is 0 Å². The third-order valence-corrected chi connectivity index (χ3v) is 3.29. The highest BCUT2D eigenvalue weighted by molar-refractivity contribution is 5.98. The molecule has 0 aliphatic rings. The molecule has 0 spiro atoms. The van der Waals surface area contributed by atoms with Gasteiger partial charge in [-0.15, -0.1) is 12.4 Å². The zero-order chi connectivity index (χ0) is 17.4. The molecule has 0 bridgehead atoms. The molecule has 1 unspecified atom stereocenters. The highest BCUT2D eigenvalue weighted by Crippen LogP contribution is 2.22. The van der Waals surface area contributed by atoms with Crippen LogP contribution in [-0.4, -0.2) is 45.2 Å². The molecule has 1 atom stereocenters. The normalized spacial score (nSPS) is 11.2. The summed E-state index contributed by atoms with van der Waals surface area (Å²) in [7, 11) is 3.02. The Bertz CT molecular complexity index is 530. The maximum absolute atomic E-state index is 12.4. The van der Waals surface area contributed by atoms with Gasteiger partial charge >= 0.3 is 0 Å². The Morgan fingerprint density at radius 3 is 2.08 bits per heavy atom. The number of ether oxygens (including phenoxy) is 2. The molecular weight excluding hydrogens is 334 g/mol. The lowest BCUT2D eigenvalue weighted by Crippen LogP contribution is -2.50. The Hall–Kier alpha value is -1.99. The van der Waals surface area contributed by atoms with Crippen LogP contribution in [0.25, 0.3) is 0 Å². The van der Waals surface area contributed by atoms with E-state index in [4.69, 9.17) is 15.2 Å². The number of hydrogen-bond donors (Lipinski definition) is 3. The predicted molar refractivity (Wildman–Crippen MR) is 95.0 cm³/mol. The lowest BCUT2D eigenvalue weighted by Gasteiger charge is -2.22. The first-order valence-electron chi connectivity index (χ1n) is 7.44. The minimum atomic E-state index is -0.647. The molecule has 0 aromatic heterocycles. The fourth-order valence-corrected chi connectivity index (χ4v) is 2.00. The molecule has 0 saturated heterocycles. The second kappa shape index (κ2) is 10.7. The van der Waals surface area contributed by atoms with Gasteiger partial charge in [0.2, 0.25) is 5.91 Å². The van der Waals surface area contributed by atoms with Crippen molar-refractivity contribution < 1.29 is 19.1 Å². The molecule has 0 aliphatic heterocycles. The van der Waals surface area contributed by atoms with Gasteiger partial charge in [0, 0.05) is 24.7 Å². The van der Waals surface area contributed by atoms with Crippen molar-refractivity contribution >= 4 is 24.2 Å². The number of amides is 2. The number of hydrogen-bond acceptors (Lipinski definition) is 5. The summed E-state index contributed by atoms with van der Waals surface area (Å²) in [5.74, 6) is 0.313. The van der Waals surface area contributed by atoms with Gasteiger partial charge in [0.25, 0.3) is 5.91 Å². The molecule has 0 aliphatic carbocycles. The first-order chi connectivity index (χ1) is 10.9. The molecule has 7 nitrogen and oxygen atoms in total. The maximum atomic E-state index is 12.4. The number of halogens is 1. The highest BCUT2D eigenvalue weighted by atomic mass is 35.5. The number of nitrogens with one attached hydrogen (secondary N) is 2. The molecule has 2 amide bonds. The molecule has 24 heavy (non-hydrogen) atoms. The number of benzene rings is 1. The largest absolute Gasteiger partial charge is 0.497 e. The fraction of sp³-hybridized carbons (Fsp3) is 0.500. The Labute approximate surface area is 148 Å². The summed E-state index contributed by atoms with van der Waals surface area (Å²) >= 11 is 0. The van der Waals surface area contributed by atoms with Gasteiger partial charge in [0.15, 0.2) is 0 Å². The zero-order valence-corrected chi connectivity index (χ0v) is 15.2. The highest BCUT2D eigenvalue weighted by Gasteiger charge is 2.24. The molecule has 0 saturated carbocycles. The van der Waals surface area contributed by atoms with E-state index in [1.165, 1.54) is 14.2 Å². The molecule has 4 N–H and O–H groups in total. The predicted octanol–water partition coefficient (Wildman–Crippen LogP) is 0.955. The fourth-order valence-electron chi connectivity index (χ4n) is 2.00. The van der Waals surface area contributed by atoms with Gasteiger partial charge < -0.3 is 25.8 Å². The van der Waals surface area contributed by atoms with E-state index in [0.717, 1.165) is 0 Å². The van der Waals surface area contributed by atoms with E-state index in [1.54, 1.807) is 18.2 Å². The molecule has 1 aromatic carbocycles. The van der Waals surface area contributed by atoms with Crippen LogP contribution in [0.5, 0.6) is 11.5 Å². The summed E-state index contributed by atoms with van der Waals surface area (Å²) in [5.41, 5.74) is 5.74. The van der Waals surface area contributed by atoms with Gasteiger partial charge in [-0.3, -0.25) is 9.59 Å². The van der Waals surface area contributed by atoms with Gasteiger partial charge in [0.05, 0.1) is 14.2 Å². The molecular formula is C16H26ClN3O4. The van der Waals surface area contributed by atoms with Crippen LogP contribution in [0.3, 0.4) is 0 Å². The van der Waals surface area contributed by atoms with Crippen molar-refractivity contribution in [2.75, 3.05) is 27.3 Å². The van der Waals surface area contributed by atoms with Gasteiger partial charge in [-0.1, -0.05) is 13.8 Å². The summed E-state index contributed by atoms with van der Waals surface area (Å²) in [4.78, 5) is 24.6. The second-order valence-electron chi connectivity index (χ2n) is 5.38. The molecule has 0 fully saturated rings. The maximum Gasteiger partial charge on any atom is 0.252 e. The minimum absolute atomic E-state index is 0. The lowest BCUT2D eigenvalue weighted by molar-refractivity contribution is -0.123. The Kier molecular flexibility index (Phi) is 9.83. The van der Waals surface area contributed by atoms with E-state index in [9.17, 15) is 9.59 Å². The van der Waals surface area contributed by atoms with Crippen molar-refractivity contribution in [2.24, 2.45) is 11.7 Å². The summed E-state index contributed by atoms with van der Waals surface area (Å²) in [6.45, 7) is 4.43. The zero-order valence-electron chi connectivity index (χ0n) is 14.4. The second-order valence-corrected chi connectivity index (χ2v) is 5.38. The van der Waals surface area contributed by atoms with Crippen LogP contribution in [0, 0.1) is 5.92 Å². The van der Waals surface area contributed by atoms with E-state index in [0.29, 0.717) is 30.2 Å². The van der Waals surface area contributed by atoms with E-state index < -0.39 is 6.04 Å². The molecule has 1 aromatic rings. The number of carbonyl (C=O) groups excluding carboxylic acids is 2. The number of methoxy groups -OCH3 is 2. The Morgan fingerprint density at radius 1 is 1.12 bits per heavy atom. The van der Waals surface area contributed by atoms with Crippen molar-refractivity contribution in [3.05, 3.63) is 23.8 Å². The first kappa shape index (κ1) is 22.0. The van der Waals surface area contributed by atoms with Crippen LogP contribution in [0.4, 0.5) is 0 Å². The molecule has 136 valence electrons. The molecule has 1 rings (SSSR count). The van der Waals surface area contributed by atoms with E-state index in [-0.39, 0.29) is 30.1 Å². The standard InChI is InChI=1S/C16H25N3O4.ClH/c1-10(2)14(16(21)18-6-5-17)19-15(20)11-7-12(22-3)9-13(8-11)23-4;/h7-10,14H,5-6,17H2,1-4H3,(H,18,21)(H,19,20);1H. The van der Waals surface area contributed by atoms with Crippen LogP contribution in [-0.2, 0) is 4.79 Å². The number of nitrogens with two attached hydrogens (primary N) is 1. The van der Waals surface area contributed by atoms with Crippen LogP contribution in [0.15, 0.2) is 18.2 Å². The monoisotopic (exact) mass is 359 g/mol. The minimum Gasteiger partial charge on any atom is -0.497 e. The van der Waals surface area contributed by atoms with E-state index >= 15 is 0 Å². The van der Waals surface area contributed by atoms with Gasteiger partial charge in [-0.2, -0.15) is 0 Å². The van der Waals surface area contributed by atoms with Crippen molar-refractivity contribution in [1.82, 2.24) is 10.6 Å². The molecule has 0 heterocycles. The third-order valence-electron chi connectivity index (χ3n) is 3.29.